The van der Waals surface area contributed by atoms with Crippen molar-refractivity contribution in [1.29, 1.82) is 0 Å². The molecule has 0 N–H and O–H groups in total. The smallest absolute Gasteiger partial charge is 0.156 e. The lowest BCUT2D eigenvalue weighted by Crippen LogP contribution is -1.86. The van der Waals surface area contributed by atoms with E-state index in [0.717, 1.165) is 22.4 Å². The minimum atomic E-state index is 0.746. The molecule has 0 saturated carbocycles. The molecule has 56 valence electrons. The molecule has 0 aliphatic heterocycles. The molecule has 2 heterocycles. The molecule has 4 nitrogen and oxygen atoms in total. The molecule has 0 unspecified atom stereocenters. The number of fused-ring (bicyclic) bond motifs is 1. The maximum atomic E-state index is 4.56. The maximum absolute atomic E-state index is 4.56. The van der Waals surface area contributed by atoms with E-state index in [1.807, 2.05) is 19.9 Å². The average Bonchev–Trinajstić information content (AvgIpc) is 2.34. The van der Waals surface area contributed by atoms with E-state index in [4.69, 9.17) is 0 Å². The van der Waals surface area contributed by atoms with Crippen LogP contribution in [0.25, 0.3) is 11.0 Å². The van der Waals surface area contributed by atoms with Gasteiger partial charge in [0.15, 0.2) is 5.52 Å². The summed E-state index contributed by atoms with van der Waals surface area (Å²) >= 11 is 0. The first-order valence-corrected chi connectivity index (χ1v) is 3.34. The van der Waals surface area contributed by atoms with E-state index in [1.165, 1.54) is 0 Å². The van der Waals surface area contributed by atoms with Crippen molar-refractivity contribution in [3.05, 3.63) is 17.5 Å². The minimum Gasteiger partial charge on any atom is -0.256 e. The molecule has 0 spiro atoms. The fourth-order valence-corrected chi connectivity index (χ4v) is 1.09. The Morgan fingerprint density at radius 3 is 2.91 bits per heavy atom. The summed E-state index contributed by atoms with van der Waals surface area (Å²) < 4.78 is 4.56. The zero-order valence-corrected chi connectivity index (χ0v) is 6.33. The molecule has 0 radical (unpaired) electrons. The van der Waals surface area contributed by atoms with Crippen LogP contribution in [-0.4, -0.2) is 15.3 Å². The molecular formula is C7H7N3O. The van der Waals surface area contributed by atoms with Crippen molar-refractivity contribution >= 4 is 11.0 Å². The second-order valence-corrected chi connectivity index (χ2v) is 2.48. The van der Waals surface area contributed by atoms with E-state index in [1.54, 1.807) is 0 Å². The van der Waals surface area contributed by atoms with Gasteiger partial charge in [0.1, 0.15) is 5.52 Å². The van der Waals surface area contributed by atoms with Gasteiger partial charge in [0.05, 0.1) is 5.69 Å². The van der Waals surface area contributed by atoms with Gasteiger partial charge in [-0.1, -0.05) is 0 Å². The summed E-state index contributed by atoms with van der Waals surface area (Å²) in [5.41, 5.74) is 3.32. The van der Waals surface area contributed by atoms with E-state index < -0.39 is 0 Å². The van der Waals surface area contributed by atoms with E-state index in [9.17, 15) is 0 Å². The number of aryl methyl sites for hydroxylation is 2. The summed E-state index contributed by atoms with van der Waals surface area (Å²) in [6.45, 7) is 3.81. The van der Waals surface area contributed by atoms with Crippen LogP contribution in [0.3, 0.4) is 0 Å². The Morgan fingerprint density at radius 2 is 2.09 bits per heavy atom. The fraction of sp³-hybridized carbons (Fsp3) is 0.286. The molecule has 0 saturated heterocycles. The van der Waals surface area contributed by atoms with Crippen LogP contribution in [0.15, 0.2) is 10.7 Å². The van der Waals surface area contributed by atoms with Crippen LogP contribution < -0.4 is 0 Å². The highest BCUT2D eigenvalue weighted by Crippen LogP contribution is 2.12. The van der Waals surface area contributed by atoms with Crippen LogP contribution in [0, 0.1) is 13.8 Å². The van der Waals surface area contributed by atoms with Crippen molar-refractivity contribution < 1.29 is 4.63 Å². The second-order valence-electron chi connectivity index (χ2n) is 2.48. The van der Waals surface area contributed by atoms with Crippen LogP contribution in [0.5, 0.6) is 0 Å². The molecule has 2 rings (SSSR count). The van der Waals surface area contributed by atoms with Crippen molar-refractivity contribution in [2.45, 2.75) is 13.8 Å². The van der Waals surface area contributed by atoms with Crippen LogP contribution in [0.2, 0.25) is 0 Å². The molecule has 0 amide bonds. The summed E-state index contributed by atoms with van der Waals surface area (Å²) in [6.07, 6.45) is 0. The first-order chi connectivity index (χ1) is 5.27. The lowest BCUT2D eigenvalue weighted by molar-refractivity contribution is 0.315. The predicted octanol–water partition coefficient (Wildman–Crippen LogP) is 1.23. The van der Waals surface area contributed by atoms with Crippen LogP contribution >= 0.6 is 0 Å². The Labute approximate surface area is 63.2 Å². The molecule has 0 aliphatic carbocycles. The molecule has 0 aliphatic rings. The molecule has 0 fully saturated rings. The van der Waals surface area contributed by atoms with Gasteiger partial charge in [-0.15, -0.1) is 0 Å². The van der Waals surface area contributed by atoms with Gasteiger partial charge < -0.3 is 0 Å². The van der Waals surface area contributed by atoms with Gasteiger partial charge in [0.2, 0.25) is 0 Å². The molecule has 0 aromatic carbocycles. The number of hydrogen-bond acceptors (Lipinski definition) is 4. The van der Waals surface area contributed by atoms with Gasteiger partial charge in [-0.3, -0.25) is 4.98 Å². The third kappa shape index (κ3) is 0.869. The van der Waals surface area contributed by atoms with Crippen molar-refractivity contribution in [1.82, 2.24) is 15.3 Å². The number of aromatic nitrogens is 3. The normalized spacial score (nSPS) is 10.7. The summed E-state index contributed by atoms with van der Waals surface area (Å²) in [5.74, 6) is 0. The van der Waals surface area contributed by atoms with Crippen LogP contribution in [-0.2, 0) is 0 Å². The SMILES string of the molecule is Cc1cc2nonc2c(C)n1. The van der Waals surface area contributed by atoms with Crippen LogP contribution in [0.4, 0.5) is 0 Å². The maximum Gasteiger partial charge on any atom is 0.156 e. The van der Waals surface area contributed by atoms with Crippen molar-refractivity contribution in [3.8, 4) is 0 Å². The third-order valence-corrected chi connectivity index (χ3v) is 1.55. The molecule has 2 aromatic heterocycles. The third-order valence-electron chi connectivity index (χ3n) is 1.55. The highest BCUT2D eigenvalue weighted by Gasteiger charge is 2.04. The Bertz CT molecular complexity index is 393. The fourth-order valence-electron chi connectivity index (χ4n) is 1.09. The van der Waals surface area contributed by atoms with Gasteiger partial charge in [0, 0.05) is 5.69 Å². The van der Waals surface area contributed by atoms with Crippen molar-refractivity contribution in [2.75, 3.05) is 0 Å². The Balaban J connectivity index is 2.91. The van der Waals surface area contributed by atoms with Gasteiger partial charge in [0.25, 0.3) is 0 Å². The Kier molecular flexibility index (Phi) is 1.15. The summed E-state index contributed by atoms with van der Waals surface area (Å²) in [5, 5.41) is 7.42. The standard InChI is InChI=1S/C7H7N3O/c1-4-3-6-7(5(2)8-4)10-11-9-6/h3H,1-2H3. The van der Waals surface area contributed by atoms with E-state index in [-0.39, 0.29) is 0 Å². The number of rotatable bonds is 0. The van der Waals surface area contributed by atoms with Gasteiger partial charge in [-0.2, -0.15) is 0 Å². The highest BCUT2D eigenvalue weighted by molar-refractivity contribution is 5.75. The molecule has 11 heavy (non-hydrogen) atoms. The second kappa shape index (κ2) is 2.02. The zero-order chi connectivity index (χ0) is 7.84. The predicted molar refractivity (Wildman–Crippen MR) is 39.1 cm³/mol. The van der Waals surface area contributed by atoms with Gasteiger partial charge in [-0.25, -0.2) is 4.63 Å². The Hall–Kier alpha value is -1.45. The molecular weight excluding hydrogens is 142 g/mol. The largest absolute Gasteiger partial charge is 0.256 e. The summed E-state index contributed by atoms with van der Waals surface area (Å²) in [7, 11) is 0. The highest BCUT2D eigenvalue weighted by atomic mass is 16.6. The van der Waals surface area contributed by atoms with Crippen molar-refractivity contribution in [3.63, 3.8) is 0 Å². The van der Waals surface area contributed by atoms with Crippen LogP contribution in [0.1, 0.15) is 11.4 Å². The quantitative estimate of drug-likeness (QED) is 0.565. The number of nitrogens with zero attached hydrogens (tertiary/aromatic N) is 3. The van der Waals surface area contributed by atoms with E-state index in [0.29, 0.717) is 0 Å². The lowest BCUT2D eigenvalue weighted by Gasteiger charge is -1.92. The average molecular weight is 149 g/mol. The van der Waals surface area contributed by atoms with E-state index >= 15 is 0 Å². The summed E-state index contributed by atoms with van der Waals surface area (Å²) in [6, 6.07) is 1.85. The minimum absolute atomic E-state index is 0.746. The molecule has 4 heteroatoms. The number of pyridine rings is 1. The first kappa shape index (κ1) is 6.27. The first-order valence-electron chi connectivity index (χ1n) is 3.34. The van der Waals surface area contributed by atoms with E-state index in [2.05, 4.69) is 19.9 Å². The summed E-state index contributed by atoms with van der Waals surface area (Å²) in [4.78, 5) is 4.21. The molecule has 2 aromatic rings. The molecule has 0 atom stereocenters. The topological polar surface area (TPSA) is 51.8 Å². The lowest BCUT2D eigenvalue weighted by atomic mass is 10.3. The van der Waals surface area contributed by atoms with Crippen molar-refractivity contribution in [2.24, 2.45) is 0 Å². The zero-order valence-electron chi connectivity index (χ0n) is 6.33. The Morgan fingerprint density at radius 1 is 1.27 bits per heavy atom. The monoisotopic (exact) mass is 149 g/mol. The molecule has 0 bridgehead atoms. The number of hydrogen-bond donors (Lipinski definition) is 0. The van der Waals surface area contributed by atoms with Gasteiger partial charge >= 0.3 is 0 Å². The van der Waals surface area contributed by atoms with Gasteiger partial charge in [-0.05, 0) is 30.2 Å².